The van der Waals surface area contributed by atoms with Crippen molar-refractivity contribution >= 4 is 0 Å². The maximum Gasteiger partial charge on any atom is 0.196 e. The summed E-state index contributed by atoms with van der Waals surface area (Å²) in [6, 6.07) is 5.89. The summed E-state index contributed by atoms with van der Waals surface area (Å²) in [5, 5.41) is 23.7. The first-order valence-electron chi connectivity index (χ1n) is 11.2. The summed E-state index contributed by atoms with van der Waals surface area (Å²) >= 11 is 0. The summed E-state index contributed by atoms with van der Waals surface area (Å²) in [7, 11) is 0. The summed E-state index contributed by atoms with van der Waals surface area (Å²) in [6.45, 7) is 5.07. The monoisotopic (exact) mass is 502 g/mol. The number of ether oxygens (including phenoxy) is 1. The van der Waals surface area contributed by atoms with Crippen molar-refractivity contribution in [2.24, 2.45) is 0 Å². The van der Waals surface area contributed by atoms with Crippen LogP contribution in [0.25, 0.3) is 17.1 Å². The lowest BCUT2D eigenvalue weighted by Gasteiger charge is -2.44. The Hall–Kier alpha value is -3.80. The maximum atomic E-state index is 15.0. The minimum Gasteiger partial charge on any atom is -0.476 e. The molecule has 0 aliphatic carbocycles. The molecule has 0 bridgehead atoms. The van der Waals surface area contributed by atoms with Crippen molar-refractivity contribution in [2.75, 3.05) is 0 Å². The average Bonchev–Trinajstić information content (AvgIpc) is 3.43. The van der Waals surface area contributed by atoms with E-state index in [1.807, 2.05) is 0 Å². The number of aromatic nitrogens is 6. The SMILES string of the molecule is Cc1ncn(-c2ccc(-c3nnc4n3CCCC4(Oc3cc(F)c(F)c(F)c3)C(C)(C)O)cc2F)n1. The fourth-order valence-corrected chi connectivity index (χ4v) is 4.51. The molecule has 1 unspecified atom stereocenters. The second kappa shape index (κ2) is 8.40. The fraction of sp³-hybridized carbons (Fsp3) is 0.333. The Morgan fingerprint density at radius 2 is 1.75 bits per heavy atom. The molecule has 2 aromatic heterocycles. The molecule has 36 heavy (non-hydrogen) atoms. The van der Waals surface area contributed by atoms with Crippen molar-refractivity contribution in [3.8, 4) is 22.8 Å². The largest absolute Gasteiger partial charge is 0.476 e. The Kier molecular flexibility index (Phi) is 5.58. The van der Waals surface area contributed by atoms with Gasteiger partial charge in [-0.3, -0.25) is 0 Å². The minimum absolute atomic E-state index is 0.192. The molecule has 0 fully saturated rings. The number of rotatable bonds is 5. The molecule has 5 rings (SSSR count). The molecule has 3 heterocycles. The van der Waals surface area contributed by atoms with E-state index in [2.05, 4.69) is 20.3 Å². The van der Waals surface area contributed by atoms with Crippen LogP contribution in [-0.2, 0) is 12.1 Å². The van der Waals surface area contributed by atoms with Crippen LogP contribution < -0.4 is 4.74 Å². The Balaban J connectivity index is 1.58. The van der Waals surface area contributed by atoms with Crippen molar-refractivity contribution in [3.63, 3.8) is 0 Å². The summed E-state index contributed by atoms with van der Waals surface area (Å²) in [5.74, 6) is -4.34. The van der Waals surface area contributed by atoms with Crippen LogP contribution in [0, 0.1) is 30.2 Å². The molecule has 0 saturated carbocycles. The van der Waals surface area contributed by atoms with Crippen molar-refractivity contribution < 1.29 is 27.4 Å². The van der Waals surface area contributed by atoms with E-state index in [1.54, 1.807) is 17.6 Å². The molecule has 1 aliphatic rings. The predicted molar refractivity (Wildman–Crippen MR) is 119 cm³/mol. The van der Waals surface area contributed by atoms with Crippen LogP contribution >= 0.6 is 0 Å². The zero-order valence-electron chi connectivity index (χ0n) is 19.6. The molecule has 2 aromatic carbocycles. The van der Waals surface area contributed by atoms with E-state index in [0.717, 1.165) is 0 Å². The number of benzene rings is 2. The molecule has 0 spiro atoms. The van der Waals surface area contributed by atoms with Crippen molar-refractivity contribution in [1.82, 2.24) is 29.5 Å². The summed E-state index contributed by atoms with van der Waals surface area (Å²) < 4.78 is 65.3. The smallest absolute Gasteiger partial charge is 0.196 e. The van der Waals surface area contributed by atoms with Gasteiger partial charge in [0.15, 0.2) is 34.7 Å². The maximum absolute atomic E-state index is 15.0. The lowest BCUT2D eigenvalue weighted by Crippen LogP contribution is -2.55. The van der Waals surface area contributed by atoms with Gasteiger partial charge in [-0.05, 0) is 51.8 Å². The number of fused-ring (bicyclic) bond motifs is 1. The fourth-order valence-electron chi connectivity index (χ4n) is 4.51. The van der Waals surface area contributed by atoms with Gasteiger partial charge in [0.1, 0.15) is 35.0 Å². The van der Waals surface area contributed by atoms with E-state index in [0.29, 0.717) is 42.3 Å². The number of nitrogens with zero attached hydrogens (tertiary/aromatic N) is 6. The number of halogens is 4. The van der Waals surface area contributed by atoms with E-state index < -0.39 is 34.5 Å². The lowest BCUT2D eigenvalue weighted by atomic mass is 9.79. The molecule has 8 nitrogen and oxygen atoms in total. The highest BCUT2D eigenvalue weighted by Gasteiger charge is 2.53. The molecule has 0 radical (unpaired) electrons. The average molecular weight is 502 g/mol. The molecular formula is C24H22F4N6O2. The molecule has 188 valence electrons. The lowest BCUT2D eigenvalue weighted by molar-refractivity contribution is -0.137. The van der Waals surface area contributed by atoms with Crippen LogP contribution in [0.5, 0.6) is 5.75 Å². The Bertz CT molecular complexity index is 1440. The zero-order chi connectivity index (χ0) is 25.8. The van der Waals surface area contributed by atoms with Gasteiger partial charge in [0.2, 0.25) is 0 Å². The molecule has 1 N–H and O–H groups in total. The van der Waals surface area contributed by atoms with Gasteiger partial charge in [-0.15, -0.1) is 10.2 Å². The van der Waals surface area contributed by atoms with E-state index in [1.165, 1.54) is 37.0 Å². The quantitative estimate of drug-likeness (QED) is 0.325. The Morgan fingerprint density at radius 1 is 1.03 bits per heavy atom. The summed E-state index contributed by atoms with van der Waals surface area (Å²) in [5.41, 5.74) is -2.56. The highest BCUT2D eigenvalue weighted by atomic mass is 19.2. The highest BCUT2D eigenvalue weighted by molar-refractivity contribution is 5.58. The first-order chi connectivity index (χ1) is 17.0. The standard InChI is InChI=1S/C24H22F4N6O2/c1-13-29-12-34(32-13)19-6-5-14(9-16(19)25)21-30-31-22-24(23(2,3)35,7-4-8-33(21)22)36-15-10-17(26)20(28)18(27)11-15/h5-6,9-12,35H,4,7-8H2,1-3H3. The van der Waals surface area contributed by atoms with Crippen LogP contribution in [0.15, 0.2) is 36.7 Å². The van der Waals surface area contributed by atoms with Crippen LogP contribution in [0.2, 0.25) is 0 Å². The highest BCUT2D eigenvalue weighted by Crippen LogP contribution is 2.45. The van der Waals surface area contributed by atoms with Crippen LogP contribution in [0.4, 0.5) is 17.6 Å². The third kappa shape index (κ3) is 3.81. The first-order valence-corrected chi connectivity index (χ1v) is 11.2. The van der Waals surface area contributed by atoms with Gasteiger partial charge in [-0.25, -0.2) is 27.2 Å². The van der Waals surface area contributed by atoms with Gasteiger partial charge < -0.3 is 14.4 Å². The molecule has 1 atom stereocenters. The van der Waals surface area contributed by atoms with E-state index in [9.17, 15) is 22.7 Å². The molecule has 0 amide bonds. The predicted octanol–water partition coefficient (Wildman–Crippen LogP) is 4.23. The third-order valence-electron chi connectivity index (χ3n) is 6.32. The van der Waals surface area contributed by atoms with Crippen LogP contribution in [0.1, 0.15) is 38.3 Å². The van der Waals surface area contributed by atoms with Crippen LogP contribution in [0.3, 0.4) is 0 Å². The van der Waals surface area contributed by atoms with Crippen molar-refractivity contribution in [3.05, 3.63) is 71.6 Å². The van der Waals surface area contributed by atoms with Gasteiger partial charge in [-0.1, -0.05) is 0 Å². The second-order valence-corrected chi connectivity index (χ2v) is 9.19. The molecule has 0 saturated heterocycles. The van der Waals surface area contributed by atoms with Crippen molar-refractivity contribution in [1.29, 1.82) is 0 Å². The van der Waals surface area contributed by atoms with Gasteiger partial charge >= 0.3 is 0 Å². The number of hydrogen-bond donors (Lipinski definition) is 1. The van der Waals surface area contributed by atoms with E-state index in [-0.39, 0.29) is 23.7 Å². The number of aliphatic hydroxyl groups is 1. The third-order valence-corrected chi connectivity index (χ3v) is 6.32. The number of aryl methyl sites for hydroxylation is 1. The molecule has 1 aliphatic heterocycles. The van der Waals surface area contributed by atoms with E-state index in [4.69, 9.17) is 4.74 Å². The Morgan fingerprint density at radius 3 is 2.36 bits per heavy atom. The van der Waals surface area contributed by atoms with Gasteiger partial charge in [0, 0.05) is 24.2 Å². The second-order valence-electron chi connectivity index (χ2n) is 9.19. The topological polar surface area (TPSA) is 90.9 Å². The normalized spacial score (nSPS) is 17.8. The van der Waals surface area contributed by atoms with Gasteiger partial charge in [0.25, 0.3) is 0 Å². The van der Waals surface area contributed by atoms with E-state index >= 15 is 0 Å². The van der Waals surface area contributed by atoms with Crippen molar-refractivity contribution in [2.45, 2.75) is 51.4 Å². The van der Waals surface area contributed by atoms with Gasteiger partial charge in [0.05, 0.1) is 0 Å². The summed E-state index contributed by atoms with van der Waals surface area (Å²) in [6.07, 6.45) is 2.11. The Labute approximate surface area is 203 Å². The first kappa shape index (κ1) is 23.9. The zero-order valence-corrected chi connectivity index (χ0v) is 19.6. The number of hydrogen-bond acceptors (Lipinski definition) is 6. The minimum atomic E-state index is -1.62. The molecule has 4 aromatic rings. The molecule has 12 heteroatoms. The van der Waals surface area contributed by atoms with Gasteiger partial charge in [-0.2, -0.15) is 5.10 Å². The summed E-state index contributed by atoms with van der Waals surface area (Å²) in [4.78, 5) is 4.01. The van der Waals surface area contributed by atoms with Crippen LogP contribution in [-0.4, -0.2) is 40.2 Å². The molecular weight excluding hydrogens is 480 g/mol.